The van der Waals surface area contributed by atoms with E-state index in [0.717, 1.165) is 73.9 Å². The van der Waals surface area contributed by atoms with E-state index in [9.17, 15) is 62.7 Å². The number of anilines is 1. The highest BCUT2D eigenvalue weighted by Crippen LogP contribution is 2.61. The lowest BCUT2D eigenvalue weighted by Gasteiger charge is -2.30. The molecule has 0 bridgehead atoms. The van der Waals surface area contributed by atoms with Crippen LogP contribution in [0.2, 0.25) is 0 Å². The Morgan fingerprint density at radius 2 is 1.27 bits per heavy atom. The topological polar surface area (TPSA) is 381 Å². The lowest BCUT2D eigenvalue weighted by Crippen LogP contribution is -2.46. The highest BCUT2D eigenvalue weighted by atomic mass is 32.2. The number of hydrogen-bond donors (Lipinski definition) is 9. The standard InChI is InChI=1S/C57H96N7O18P3S/c1-4-5-6-7-8-9-10-11-12-13-14-15-16-17-18-19-20-21-22-23-24-25-26-27-28-29-30-31-32-33-34-35-45(65)40-48(67)86-39-38-59-47(66)36-37-60-55(70)52(69)57(2,3)42-79-85(76,77)82-84(74,75)78-41-46-51(81-83(71,72)73)50(68)56(80-46)64-44-63-49-53(58)61-43-62-54(49)64/h8-9,11-12,14-15,17-18,43-44,46,50-52,56,68-69H,4-7,10,13,16,19-42H2,1-3H3,(H,59,66)(H,60,70)(H,74,75)(H,76,77)(H2,58,61,62)(H2,71,72,73)/b9-8-,12-11-,15-14-,18-17-/t46-,50-,51-,52+,56-/m1/s1. The second kappa shape index (κ2) is 42.2. The second-order valence-electron chi connectivity index (χ2n) is 21.9. The molecule has 2 amide bonds. The number of phosphoric ester groups is 3. The Kier molecular flexibility index (Phi) is 37.5. The minimum atomic E-state index is -5.60. The second-order valence-corrected chi connectivity index (χ2v) is 27.3. The molecular weight excluding hydrogens is 1200 g/mol. The Morgan fingerprint density at radius 1 is 0.733 bits per heavy atom. The van der Waals surface area contributed by atoms with Crippen LogP contribution in [0.15, 0.2) is 61.3 Å². The molecule has 2 aromatic rings. The quantitative estimate of drug-likeness (QED) is 0.0129. The van der Waals surface area contributed by atoms with Gasteiger partial charge in [0.05, 0.1) is 26.0 Å². The summed E-state index contributed by atoms with van der Waals surface area (Å²) in [5, 5.41) is 26.3. The summed E-state index contributed by atoms with van der Waals surface area (Å²) in [7, 11) is -16.5. The van der Waals surface area contributed by atoms with Gasteiger partial charge in [0, 0.05) is 37.1 Å². The lowest BCUT2D eigenvalue weighted by molar-refractivity contribution is -0.137. The zero-order chi connectivity index (χ0) is 63.3. The molecule has 3 rings (SSSR count). The van der Waals surface area contributed by atoms with E-state index in [-0.39, 0.29) is 59.6 Å². The van der Waals surface area contributed by atoms with Gasteiger partial charge in [-0.1, -0.05) is 177 Å². The number of allylic oxidation sites excluding steroid dienone is 8. The molecule has 0 radical (unpaired) electrons. The predicted molar refractivity (Wildman–Crippen MR) is 330 cm³/mol. The Morgan fingerprint density at radius 3 is 1.84 bits per heavy atom. The fourth-order valence-electron chi connectivity index (χ4n) is 9.04. The fourth-order valence-corrected chi connectivity index (χ4v) is 12.6. The molecule has 0 aliphatic carbocycles. The number of amides is 2. The minimum absolute atomic E-state index is 0.0261. The number of imidazole rings is 1. The number of Topliss-reactive ketones (excluding diaryl/α,β-unsaturated/α-hetero) is 1. The third kappa shape index (κ3) is 33.1. The van der Waals surface area contributed by atoms with Crippen molar-refractivity contribution in [1.29, 1.82) is 0 Å². The summed E-state index contributed by atoms with van der Waals surface area (Å²) in [6, 6.07) is 0. The van der Waals surface area contributed by atoms with Crippen LogP contribution in [0.3, 0.4) is 0 Å². The van der Waals surface area contributed by atoms with Gasteiger partial charge in [0.25, 0.3) is 0 Å². The first-order chi connectivity index (χ1) is 40.9. The molecule has 1 saturated heterocycles. The number of aromatic nitrogens is 4. The van der Waals surface area contributed by atoms with Crippen LogP contribution in [0, 0.1) is 5.41 Å². The fraction of sp³-hybridized carbons (Fsp3) is 0.702. The molecule has 1 aliphatic rings. The summed E-state index contributed by atoms with van der Waals surface area (Å²) in [6.45, 7) is 2.58. The molecule has 25 nitrogen and oxygen atoms in total. The average Bonchev–Trinajstić information content (AvgIpc) is 1.67. The Labute approximate surface area is 511 Å². The third-order valence-electron chi connectivity index (χ3n) is 13.9. The Balaban J connectivity index is 1.15. The maximum Gasteiger partial charge on any atom is 0.481 e. The number of aliphatic hydroxyl groups excluding tert-OH is 2. The summed E-state index contributed by atoms with van der Waals surface area (Å²) < 4.78 is 62.6. The van der Waals surface area contributed by atoms with Gasteiger partial charge in [0.2, 0.25) is 11.8 Å². The highest BCUT2D eigenvalue weighted by molar-refractivity contribution is 8.13. The van der Waals surface area contributed by atoms with Crippen molar-refractivity contribution in [2.75, 3.05) is 37.8 Å². The lowest BCUT2D eigenvalue weighted by atomic mass is 9.87. The summed E-state index contributed by atoms with van der Waals surface area (Å²) in [5.41, 5.74) is 4.25. The van der Waals surface area contributed by atoms with Crippen molar-refractivity contribution in [3.63, 3.8) is 0 Å². The van der Waals surface area contributed by atoms with Crippen LogP contribution < -0.4 is 16.4 Å². The van der Waals surface area contributed by atoms with Crippen molar-refractivity contribution in [2.45, 2.75) is 218 Å². The van der Waals surface area contributed by atoms with Crippen LogP contribution in [0.1, 0.15) is 194 Å². The van der Waals surface area contributed by atoms with E-state index in [1.165, 1.54) is 117 Å². The van der Waals surface area contributed by atoms with E-state index in [1.807, 2.05) is 0 Å². The SMILES string of the molecule is CCCCC/C=C\C/C=C\C/C=C\C/C=C\CCCCCCCCCCCCCCCCCC(=O)CC(=O)SCCNC(=O)CCNC(=O)[C@H](O)C(C)(C)COP(=O)(O)OP(=O)(O)OC[C@H]1O[C@@H](n2cnc3c(N)ncnc32)[C@H](O)[C@@H]1OP(=O)(O)O. The molecule has 10 N–H and O–H groups in total. The van der Waals surface area contributed by atoms with E-state index in [0.29, 0.717) is 6.42 Å². The number of nitrogens with one attached hydrogen (secondary N) is 2. The average molecular weight is 1290 g/mol. The number of fused-ring (bicyclic) bond motifs is 1. The number of nitrogens with two attached hydrogens (primary N) is 1. The molecule has 29 heteroatoms. The number of thioether (sulfide) groups is 1. The number of carbonyl (C=O) groups is 4. The maximum absolute atomic E-state index is 12.8. The monoisotopic (exact) mass is 1290 g/mol. The summed E-state index contributed by atoms with van der Waals surface area (Å²) in [5.74, 6) is -1.40. The zero-order valence-corrected chi connectivity index (χ0v) is 53.8. The number of ether oxygens (including phenoxy) is 1. The zero-order valence-electron chi connectivity index (χ0n) is 50.3. The molecule has 0 saturated carbocycles. The van der Waals surface area contributed by atoms with Crippen LogP contribution in [-0.4, -0.2) is 128 Å². The number of rotatable bonds is 49. The van der Waals surface area contributed by atoms with Crippen molar-refractivity contribution in [1.82, 2.24) is 30.2 Å². The van der Waals surface area contributed by atoms with Gasteiger partial charge in [-0.15, -0.1) is 0 Å². The molecular formula is C57H96N7O18P3S. The Hall–Kier alpha value is -3.81. The molecule has 2 unspecified atom stereocenters. The molecule has 3 heterocycles. The molecule has 7 atom stereocenters. The molecule has 0 spiro atoms. The van der Waals surface area contributed by atoms with Gasteiger partial charge in [-0.05, 0) is 51.4 Å². The number of nitrogen functional groups attached to an aromatic ring is 1. The first-order valence-corrected chi connectivity index (χ1v) is 35.6. The largest absolute Gasteiger partial charge is 0.481 e. The summed E-state index contributed by atoms with van der Waals surface area (Å²) in [6.07, 6.45) is 38.8. The predicted octanol–water partition coefficient (Wildman–Crippen LogP) is 10.2. The van der Waals surface area contributed by atoms with E-state index in [2.05, 4.69) is 90.0 Å². The third-order valence-corrected chi connectivity index (χ3v) is 17.9. The maximum atomic E-state index is 12.8. The first-order valence-electron chi connectivity index (χ1n) is 30.1. The van der Waals surface area contributed by atoms with E-state index in [4.69, 9.17) is 19.5 Å². The van der Waals surface area contributed by atoms with Gasteiger partial charge in [-0.2, -0.15) is 4.31 Å². The number of hydrogen-bond acceptors (Lipinski definition) is 19. The van der Waals surface area contributed by atoms with Gasteiger partial charge in [-0.25, -0.2) is 28.6 Å². The molecule has 1 fully saturated rings. The van der Waals surface area contributed by atoms with Crippen LogP contribution in [0.25, 0.3) is 11.2 Å². The van der Waals surface area contributed by atoms with Crippen LogP contribution in [-0.2, 0) is 55.5 Å². The van der Waals surface area contributed by atoms with E-state index < -0.39 is 84.6 Å². The number of nitrogens with zero attached hydrogens (tertiary/aromatic N) is 4. The van der Waals surface area contributed by atoms with Crippen molar-refractivity contribution in [2.24, 2.45) is 5.41 Å². The summed E-state index contributed by atoms with van der Waals surface area (Å²) >= 11 is 0.943. The van der Waals surface area contributed by atoms with Crippen LogP contribution >= 0.6 is 35.2 Å². The van der Waals surface area contributed by atoms with Crippen LogP contribution in [0.4, 0.5) is 5.82 Å². The van der Waals surface area contributed by atoms with Gasteiger partial charge in [0.15, 0.2) is 22.8 Å². The van der Waals surface area contributed by atoms with Crippen molar-refractivity contribution >= 4 is 74.9 Å². The number of carbonyl (C=O) groups excluding carboxylic acids is 4. The molecule has 1 aliphatic heterocycles. The van der Waals surface area contributed by atoms with Crippen molar-refractivity contribution < 1.29 is 85.3 Å². The van der Waals surface area contributed by atoms with E-state index >= 15 is 0 Å². The normalized spacial score (nSPS) is 18.6. The van der Waals surface area contributed by atoms with Crippen LogP contribution in [0.5, 0.6) is 0 Å². The number of aliphatic hydroxyl groups is 2. The van der Waals surface area contributed by atoms with Gasteiger partial charge in [-0.3, -0.25) is 37.3 Å². The van der Waals surface area contributed by atoms with Crippen molar-refractivity contribution in [3.8, 4) is 0 Å². The number of unbranched alkanes of at least 4 members (excludes halogenated alkanes) is 18. The first kappa shape index (κ1) is 76.4. The van der Waals surface area contributed by atoms with Gasteiger partial charge in [0.1, 0.15) is 42.0 Å². The van der Waals surface area contributed by atoms with Crippen molar-refractivity contribution in [3.05, 3.63) is 61.3 Å². The smallest absolute Gasteiger partial charge is 0.386 e. The van der Waals surface area contributed by atoms with Gasteiger partial charge < -0.3 is 50.9 Å². The number of phosphoric acid groups is 3. The minimum Gasteiger partial charge on any atom is -0.386 e. The summed E-state index contributed by atoms with van der Waals surface area (Å²) in [4.78, 5) is 101. The molecule has 86 heavy (non-hydrogen) atoms. The molecule has 0 aromatic carbocycles. The Bertz CT molecular complexity index is 2600. The molecule has 2 aromatic heterocycles. The van der Waals surface area contributed by atoms with Gasteiger partial charge >= 0.3 is 23.5 Å². The highest BCUT2D eigenvalue weighted by Gasteiger charge is 2.50. The molecule has 488 valence electrons. The number of ketones is 1. The van der Waals surface area contributed by atoms with E-state index in [1.54, 1.807) is 0 Å².